The van der Waals surface area contributed by atoms with Crippen LogP contribution >= 0.6 is 0 Å². The number of halogens is 1. The van der Waals surface area contributed by atoms with Crippen LogP contribution in [0.25, 0.3) is 12.2 Å². The van der Waals surface area contributed by atoms with Gasteiger partial charge < -0.3 is 19.3 Å². The fourth-order valence-corrected chi connectivity index (χ4v) is 4.29. The number of ether oxygens (including phenoxy) is 3. The van der Waals surface area contributed by atoms with Crippen molar-refractivity contribution in [3.8, 4) is 17.2 Å². The summed E-state index contributed by atoms with van der Waals surface area (Å²) in [7, 11) is 3.15. The van der Waals surface area contributed by atoms with Gasteiger partial charge >= 0.3 is 0 Å². The summed E-state index contributed by atoms with van der Waals surface area (Å²) < 4.78 is 31.5. The largest absolute Gasteiger partial charge is 0.505 e. The molecule has 0 spiro atoms. The van der Waals surface area contributed by atoms with Crippen molar-refractivity contribution in [2.75, 3.05) is 14.2 Å². The van der Waals surface area contributed by atoms with Crippen molar-refractivity contribution in [2.24, 2.45) is 0 Å². The Morgan fingerprint density at radius 2 is 1.31 bits per heavy atom. The monoisotopic (exact) mass is 564 g/mol. The summed E-state index contributed by atoms with van der Waals surface area (Å²) >= 11 is 0. The van der Waals surface area contributed by atoms with Gasteiger partial charge in [0.25, 0.3) is 0 Å². The smallest absolute Gasteiger partial charge is 0.218 e. The summed E-state index contributed by atoms with van der Waals surface area (Å²) in [4.78, 5) is 12.5. The maximum absolute atomic E-state index is 14.7. The molecule has 0 radical (unpaired) electrons. The summed E-state index contributed by atoms with van der Waals surface area (Å²) in [5.74, 6) is -1.20. The maximum Gasteiger partial charge on any atom is 0.218 e. The lowest BCUT2D eigenvalue weighted by Gasteiger charge is -2.11. The Kier molecular flexibility index (Phi) is 10.7. The number of hydrogen-bond donors (Lipinski definition) is 1. The molecule has 4 aromatic rings. The molecule has 0 heterocycles. The summed E-state index contributed by atoms with van der Waals surface area (Å²) in [6, 6.07) is 30.5. The third kappa shape index (κ3) is 8.45. The second-order valence-corrected chi connectivity index (χ2v) is 9.47. The first kappa shape index (κ1) is 29.9. The van der Waals surface area contributed by atoms with Crippen LogP contribution in [0, 0.1) is 0 Å². The highest BCUT2D eigenvalue weighted by atomic mass is 19.1. The zero-order valence-electron chi connectivity index (χ0n) is 23.6. The lowest BCUT2D eigenvalue weighted by atomic mass is 10.0. The number of aliphatic hydroxyl groups is 1. The highest BCUT2D eigenvalue weighted by Gasteiger charge is 2.12. The predicted octanol–water partition coefficient (Wildman–Crippen LogP) is 8.10. The average molecular weight is 565 g/mol. The number of aryl methyl sites for hydroxylation is 2. The molecule has 4 rings (SSSR count). The molecule has 0 aliphatic rings. The lowest BCUT2D eigenvalue weighted by molar-refractivity contribution is -0.112. The molecule has 0 unspecified atom stereocenters. The minimum Gasteiger partial charge on any atom is -0.505 e. The molecule has 0 atom stereocenters. The van der Waals surface area contributed by atoms with Gasteiger partial charge in [0.15, 0.2) is 17.3 Å². The van der Waals surface area contributed by atoms with Crippen molar-refractivity contribution in [1.82, 2.24) is 0 Å². The van der Waals surface area contributed by atoms with Crippen LogP contribution in [0.5, 0.6) is 17.2 Å². The van der Waals surface area contributed by atoms with E-state index in [1.54, 1.807) is 37.5 Å². The summed E-state index contributed by atoms with van der Waals surface area (Å²) in [5.41, 5.74) is 4.53. The first-order valence-corrected chi connectivity index (χ1v) is 13.5. The molecule has 6 heteroatoms. The highest BCUT2D eigenvalue weighted by molar-refractivity contribution is 6.05. The number of hydrogen-bond acceptors (Lipinski definition) is 5. The van der Waals surface area contributed by atoms with Gasteiger partial charge in [0.05, 0.1) is 14.2 Å². The second kappa shape index (κ2) is 15.1. The van der Waals surface area contributed by atoms with E-state index in [9.17, 15) is 14.3 Å². The Balaban J connectivity index is 1.42. The van der Waals surface area contributed by atoms with Crippen molar-refractivity contribution < 1.29 is 28.5 Å². The number of ketones is 1. The minimum absolute atomic E-state index is 0.337. The summed E-state index contributed by atoms with van der Waals surface area (Å²) in [6.07, 6.45) is 6.83. The molecule has 4 aromatic carbocycles. The average Bonchev–Trinajstić information content (AvgIpc) is 3.04. The van der Waals surface area contributed by atoms with Gasteiger partial charge in [-0.15, -0.1) is 0 Å². The minimum atomic E-state index is -1.26. The first-order valence-electron chi connectivity index (χ1n) is 13.5. The molecule has 0 aliphatic carbocycles. The number of methoxy groups -OCH3 is 2. The Bertz CT molecular complexity index is 1570. The molecule has 214 valence electrons. The highest BCUT2D eigenvalue weighted by Crippen LogP contribution is 2.29. The van der Waals surface area contributed by atoms with Gasteiger partial charge in [0, 0.05) is 0 Å². The fourth-order valence-electron chi connectivity index (χ4n) is 4.29. The van der Waals surface area contributed by atoms with Gasteiger partial charge in [-0.3, -0.25) is 4.79 Å². The molecule has 0 fully saturated rings. The van der Waals surface area contributed by atoms with Crippen LogP contribution in [0.4, 0.5) is 4.39 Å². The van der Waals surface area contributed by atoms with Gasteiger partial charge in [-0.05, 0) is 77.1 Å². The van der Waals surface area contributed by atoms with E-state index in [1.165, 1.54) is 24.8 Å². The summed E-state index contributed by atoms with van der Waals surface area (Å²) in [5, 5.41) is 10.3. The van der Waals surface area contributed by atoms with Crippen LogP contribution in [0.3, 0.4) is 0 Å². The quantitative estimate of drug-likeness (QED) is 0.101. The van der Waals surface area contributed by atoms with E-state index in [1.807, 2.05) is 60.7 Å². The van der Waals surface area contributed by atoms with Gasteiger partial charge in [-0.25, -0.2) is 0 Å². The number of carbonyl (C=O) groups excluding carboxylic acids is 1. The molecular formula is C36H33FO5. The van der Waals surface area contributed by atoms with Gasteiger partial charge in [0.2, 0.25) is 11.6 Å². The molecule has 0 saturated carbocycles. The standard InChI is InChI=1S/C36H33FO5/c1-40-33-21-16-27(23-30(33)18-13-26-9-5-3-6-10-26)14-19-31(38)36(37)32(39)20-15-28-17-22-34(41-2)35(24-28)42-25-29-11-7-4-8-12-29/h3-12,14-17,19-24,38H,13,18,25H2,1-2H3/b19-14+,20-15+,36-31+. The van der Waals surface area contributed by atoms with E-state index in [2.05, 4.69) is 12.1 Å². The second-order valence-electron chi connectivity index (χ2n) is 9.47. The van der Waals surface area contributed by atoms with Crippen LogP contribution in [0.15, 0.2) is 121 Å². The normalized spacial score (nSPS) is 11.9. The number of carbonyl (C=O) groups is 1. The van der Waals surface area contributed by atoms with Crippen molar-refractivity contribution in [3.63, 3.8) is 0 Å². The van der Waals surface area contributed by atoms with E-state index in [-0.39, 0.29) is 0 Å². The predicted molar refractivity (Wildman–Crippen MR) is 164 cm³/mol. The molecule has 5 nitrogen and oxygen atoms in total. The zero-order valence-corrected chi connectivity index (χ0v) is 23.6. The van der Waals surface area contributed by atoms with Gasteiger partial charge in [-0.2, -0.15) is 4.39 Å². The van der Waals surface area contributed by atoms with E-state index in [4.69, 9.17) is 14.2 Å². The fraction of sp³-hybridized carbons (Fsp3) is 0.139. The van der Waals surface area contributed by atoms with E-state index in [0.717, 1.165) is 41.4 Å². The van der Waals surface area contributed by atoms with Crippen LogP contribution in [0.2, 0.25) is 0 Å². The Hall–Kier alpha value is -5.10. The molecule has 0 aromatic heterocycles. The van der Waals surface area contributed by atoms with Crippen LogP contribution in [-0.4, -0.2) is 25.1 Å². The molecule has 0 aliphatic heterocycles. The number of allylic oxidation sites excluding steroid dienone is 3. The molecule has 0 bridgehead atoms. The van der Waals surface area contributed by atoms with Crippen LogP contribution < -0.4 is 14.2 Å². The third-order valence-electron chi connectivity index (χ3n) is 6.56. The van der Waals surface area contributed by atoms with Crippen molar-refractivity contribution in [2.45, 2.75) is 19.4 Å². The van der Waals surface area contributed by atoms with Gasteiger partial charge in [0.1, 0.15) is 12.4 Å². The number of benzene rings is 4. The first-order chi connectivity index (χ1) is 20.5. The Morgan fingerprint density at radius 1 is 0.714 bits per heavy atom. The topological polar surface area (TPSA) is 65.0 Å². The molecule has 42 heavy (non-hydrogen) atoms. The Labute approximate surface area is 245 Å². The number of aliphatic hydroxyl groups excluding tert-OH is 1. The maximum atomic E-state index is 14.7. The molecular weight excluding hydrogens is 531 g/mol. The van der Waals surface area contributed by atoms with E-state index < -0.39 is 17.4 Å². The zero-order chi connectivity index (χ0) is 29.7. The van der Waals surface area contributed by atoms with Crippen LogP contribution in [-0.2, 0) is 24.2 Å². The molecule has 0 amide bonds. The third-order valence-corrected chi connectivity index (χ3v) is 6.56. The lowest BCUT2D eigenvalue weighted by Crippen LogP contribution is -1.98. The van der Waals surface area contributed by atoms with E-state index >= 15 is 0 Å². The molecule has 0 saturated heterocycles. The molecule has 1 N–H and O–H groups in total. The summed E-state index contributed by atoms with van der Waals surface area (Å²) in [6.45, 7) is 0.337. The van der Waals surface area contributed by atoms with Gasteiger partial charge in [-0.1, -0.05) is 84.9 Å². The van der Waals surface area contributed by atoms with Crippen LogP contribution in [0.1, 0.15) is 27.8 Å². The van der Waals surface area contributed by atoms with Crippen molar-refractivity contribution in [3.05, 3.63) is 149 Å². The number of rotatable bonds is 13. The van der Waals surface area contributed by atoms with Crippen molar-refractivity contribution in [1.29, 1.82) is 0 Å². The van der Waals surface area contributed by atoms with E-state index in [0.29, 0.717) is 23.7 Å². The van der Waals surface area contributed by atoms with Crippen molar-refractivity contribution >= 4 is 17.9 Å². The SMILES string of the molecule is COc1ccc(/C=C/C(O)=C(\F)C(=O)/C=C/c2ccc(OC)c(OCc3ccccc3)c2)cc1CCc1ccccc1. The Morgan fingerprint density at radius 3 is 1.98 bits per heavy atom.